The molecular weight excluding hydrogens is 278 g/mol. The minimum Gasteiger partial charge on any atom is -0.385 e. The highest BCUT2D eigenvalue weighted by molar-refractivity contribution is 7.92. The Morgan fingerprint density at radius 3 is 2.40 bits per heavy atom. The smallest absolute Gasteiger partial charge is 0.155 e. The molecule has 2 aromatic rings. The molecule has 1 N–H and O–H groups in total. The Bertz CT molecular complexity index is 693. The van der Waals surface area contributed by atoms with Gasteiger partial charge in [0.25, 0.3) is 0 Å². The zero-order chi connectivity index (χ0) is 15.0. The predicted molar refractivity (Wildman–Crippen MR) is 75.2 cm³/mol. The Morgan fingerprint density at radius 2 is 1.85 bits per heavy atom. The van der Waals surface area contributed by atoms with Crippen LogP contribution in [-0.4, -0.2) is 39.5 Å². The molecule has 1 heterocycles. The summed E-state index contributed by atoms with van der Waals surface area (Å²) in [5, 5.41) is 18.1. The van der Waals surface area contributed by atoms with Crippen LogP contribution in [0.4, 0.5) is 0 Å². The van der Waals surface area contributed by atoms with Gasteiger partial charge in [0.2, 0.25) is 0 Å². The van der Waals surface area contributed by atoms with Crippen LogP contribution in [-0.2, 0) is 9.84 Å². The van der Waals surface area contributed by atoms with Crippen molar-refractivity contribution in [2.75, 3.05) is 6.26 Å². The number of nitrogens with zero attached hydrogens (tertiary/aromatic N) is 3. The fourth-order valence-electron chi connectivity index (χ4n) is 1.76. The van der Waals surface area contributed by atoms with Crippen LogP contribution in [0.25, 0.3) is 5.69 Å². The average molecular weight is 295 g/mol. The number of benzene rings is 1. The second-order valence-electron chi connectivity index (χ2n) is 5.18. The van der Waals surface area contributed by atoms with Gasteiger partial charge >= 0.3 is 0 Å². The number of hydrogen-bond donors (Lipinski definition) is 1. The number of para-hydroxylation sites is 1. The lowest BCUT2D eigenvalue weighted by atomic mass is 10.0. The van der Waals surface area contributed by atoms with Crippen molar-refractivity contribution in [1.82, 2.24) is 15.0 Å². The second-order valence-corrected chi connectivity index (χ2v) is 7.78. The van der Waals surface area contributed by atoms with Gasteiger partial charge < -0.3 is 5.11 Å². The first kappa shape index (κ1) is 14.7. The van der Waals surface area contributed by atoms with Gasteiger partial charge in [-0.1, -0.05) is 23.4 Å². The van der Waals surface area contributed by atoms with E-state index in [2.05, 4.69) is 10.3 Å². The summed E-state index contributed by atoms with van der Waals surface area (Å²) < 4.78 is 23.8. The van der Waals surface area contributed by atoms with Crippen LogP contribution in [0.1, 0.15) is 25.6 Å². The maximum atomic E-state index is 11.8. The lowest BCUT2D eigenvalue weighted by Gasteiger charge is -2.28. The average Bonchev–Trinajstić information content (AvgIpc) is 2.86. The summed E-state index contributed by atoms with van der Waals surface area (Å²) in [5.41, 5.74) is 1.05. The summed E-state index contributed by atoms with van der Waals surface area (Å²) in [4.78, 5) is 0. The Labute approximate surface area is 118 Å². The van der Waals surface area contributed by atoms with E-state index in [4.69, 9.17) is 0 Å². The van der Waals surface area contributed by atoms with Gasteiger partial charge in [-0.15, -0.1) is 5.10 Å². The Hall–Kier alpha value is -1.73. The van der Waals surface area contributed by atoms with E-state index in [1.807, 2.05) is 18.2 Å². The highest BCUT2D eigenvalue weighted by atomic mass is 32.2. The molecule has 1 unspecified atom stereocenters. The summed E-state index contributed by atoms with van der Waals surface area (Å²) in [7, 11) is -3.45. The van der Waals surface area contributed by atoms with Crippen molar-refractivity contribution >= 4 is 9.84 Å². The maximum absolute atomic E-state index is 11.8. The molecule has 0 radical (unpaired) electrons. The fraction of sp³-hybridized carbons (Fsp3) is 0.385. The summed E-state index contributed by atoms with van der Waals surface area (Å²) in [6, 6.07) is 9.12. The number of hydrogen-bond acceptors (Lipinski definition) is 5. The fourth-order valence-corrected chi connectivity index (χ4v) is 2.28. The van der Waals surface area contributed by atoms with Crippen LogP contribution in [0.5, 0.6) is 0 Å². The second kappa shape index (κ2) is 4.99. The highest BCUT2D eigenvalue weighted by Crippen LogP contribution is 2.32. The number of aromatic nitrogens is 3. The summed E-state index contributed by atoms with van der Waals surface area (Å²) >= 11 is 0. The molecule has 0 spiro atoms. The lowest BCUT2D eigenvalue weighted by Crippen LogP contribution is -2.38. The minimum atomic E-state index is -3.45. The summed E-state index contributed by atoms with van der Waals surface area (Å²) in [6.45, 7) is 2.96. The molecule has 0 saturated heterocycles. The lowest BCUT2D eigenvalue weighted by molar-refractivity contribution is 0.132. The molecule has 20 heavy (non-hydrogen) atoms. The topological polar surface area (TPSA) is 85.1 Å². The van der Waals surface area contributed by atoms with Gasteiger partial charge in [0.15, 0.2) is 9.84 Å². The summed E-state index contributed by atoms with van der Waals surface area (Å²) in [5.74, 6) is 0. The van der Waals surface area contributed by atoms with E-state index < -0.39 is 20.7 Å². The van der Waals surface area contributed by atoms with Gasteiger partial charge in [0.05, 0.1) is 22.3 Å². The first-order valence-corrected chi connectivity index (χ1v) is 7.98. The Kier molecular flexibility index (Phi) is 3.66. The van der Waals surface area contributed by atoms with Gasteiger partial charge in [-0.05, 0) is 26.0 Å². The van der Waals surface area contributed by atoms with E-state index in [1.165, 1.54) is 24.7 Å². The largest absolute Gasteiger partial charge is 0.385 e. The SMILES string of the molecule is CC(C)(C(O)c1cnnn1-c1ccccc1)S(C)(=O)=O. The van der Waals surface area contributed by atoms with Gasteiger partial charge in [-0.2, -0.15) is 0 Å². The van der Waals surface area contributed by atoms with Crippen molar-refractivity contribution in [2.45, 2.75) is 24.7 Å². The van der Waals surface area contributed by atoms with Crippen molar-refractivity contribution in [3.63, 3.8) is 0 Å². The van der Waals surface area contributed by atoms with E-state index in [0.29, 0.717) is 11.4 Å². The molecular formula is C13H17N3O3S. The first-order valence-electron chi connectivity index (χ1n) is 6.09. The van der Waals surface area contributed by atoms with Crippen molar-refractivity contribution in [1.29, 1.82) is 0 Å². The van der Waals surface area contributed by atoms with Crippen LogP contribution in [0, 0.1) is 0 Å². The number of rotatable bonds is 4. The van der Waals surface area contributed by atoms with Gasteiger partial charge in [0, 0.05) is 6.26 Å². The molecule has 2 rings (SSSR count). The van der Waals surface area contributed by atoms with Crippen LogP contribution < -0.4 is 0 Å². The highest BCUT2D eigenvalue weighted by Gasteiger charge is 2.41. The molecule has 0 aliphatic rings. The van der Waals surface area contributed by atoms with Crippen LogP contribution in [0.15, 0.2) is 36.5 Å². The zero-order valence-electron chi connectivity index (χ0n) is 11.6. The van der Waals surface area contributed by atoms with E-state index in [1.54, 1.807) is 12.1 Å². The minimum absolute atomic E-state index is 0.339. The molecule has 0 amide bonds. The molecule has 0 aliphatic heterocycles. The van der Waals surface area contributed by atoms with E-state index in [-0.39, 0.29) is 0 Å². The van der Waals surface area contributed by atoms with Crippen LogP contribution in [0.2, 0.25) is 0 Å². The molecule has 0 fully saturated rings. The first-order chi connectivity index (χ1) is 9.25. The van der Waals surface area contributed by atoms with Gasteiger partial charge in [-0.3, -0.25) is 0 Å². The Morgan fingerprint density at radius 1 is 1.25 bits per heavy atom. The van der Waals surface area contributed by atoms with Gasteiger partial charge in [0.1, 0.15) is 6.10 Å². The molecule has 1 aromatic carbocycles. The maximum Gasteiger partial charge on any atom is 0.155 e. The van der Waals surface area contributed by atoms with Gasteiger partial charge in [-0.25, -0.2) is 13.1 Å². The molecule has 1 aromatic heterocycles. The summed E-state index contributed by atoms with van der Waals surface area (Å²) in [6.07, 6.45) is 1.25. The molecule has 0 bridgehead atoms. The predicted octanol–water partition coefficient (Wildman–Crippen LogP) is 1.12. The van der Waals surface area contributed by atoms with E-state index in [9.17, 15) is 13.5 Å². The monoisotopic (exact) mass is 295 g/mol. The van der Waals surface area contributed by atoms with Crippen molar-refractivity contribution in [3.8, 4) is 5.69 Å². The molecule has 6 nitrogen and oxygen atoms in total. The quantitative estimate of drug-likeness (QED) is 0.913. The third-order valence-electron chi connectivity index (χ3n) is 3.47. The van der Waals surface area contributed by atoms with Crippen LogP contribution in [0.3, 0.4) is 0 Å². The molecule has 0 saturated carbocycles. The third-order valence-corrected chi connectivity index (χ3v) is 5.61. The Balaban J connectivity index is 2.49. The number of aliphatic hydroxyl groups excluding tert-OH is 1. The van der Waals surface area contributed by atoms with Crippen molar-refractivity contribution < 1.29 is 13.5 Å². The molecule has 7 heteroatoms. The third kappa shape index (κ3) is 2.46. The number of sulfone groups is 1. The molecule has 1 atom stereocenters. The van der Waals surface area contributed by atoms with Crippen molar-refractivity contribution in [2.24, 2.45) is 0 Å². The molecule has 108 valence electrons. The van der Waals surface area contributed by atoms with E-state index >= 15 is 0 Å². The molecule has 0 aliphatic carbocycles. The van der Waals surface area contributed by atoms with Crippen molar-refractivity contribution in [3.05, 3.63) is 42.2 Å². The normalized spacial score (nSPS) is 14.2. The van der Waals surface area contributed by atoms with E-state index in [0.717, 1.165) is 6.26 Å². The number of aliphatic hydroxyl groups is 1. The van der Waals surface area contributed by atoms with Crippen LogP contribution >= 0.6 is 0 Å². The zero-order valence-corrected chi connectivity index (χ0v) is 12.4. The standard InChI is InChI=1S/C13H17N3O3S/c1-13(2,20(3,18)19)12(17)11-9-14-15-16(11)10-7-5-4-6-8-10/h4-9,12,17H,1-3H3.